The van der Waals surface area contributed by atoms with Crippen LogP contribution in [0.25, 0.3) is 21.5 Å². The lowest BCUT2D eigenvalue weighted by Gasteiger charge is -2.20. The molecule has 0 saturated carbocycles. The number of aliphatic hydroxyl groups is 1. The average molecular weight is 441 g/mol. The molecule has 0 spiro atoms. The number of methoxy groups -OCH3 is 4. The number of aliphatic hydroxyl groups excluding tert-OH is 1. The van der Waals surface area contributed by atoms with E-state index in [1.54, 1.807) is 28.4 Å². The molecule has 0 amide bonds. The molecule has 0 heterocycles. The summed E-state index contributed by atoms with van der Waals surface area (Å²) in [5, 5.41) is 14.7. The van der Waals surface area contributed by atoms with Gasteiger partial charge in [0, 0.05) is 27.1 Å². The number of hydrogen-bond donors (Lipinski definition) is 1. The molecule has 3 aromatic carbocycles. The van der Waals surface area contributed by atoms with Crippen molar-refractivity contribution in [1.29, 1.82) is 0 Å². The number of rotatable bonds is 12. The normalized spacial score (nSPS) is 12.2. The summed E-state index contributed by atoms with van der Waals surface area (Å²) in [7, 11) is 6.61. The van der Waals surface area contributed by atoms with Gasteiger partial charge in [-0.3, -0.25) is 0 Å². The van der Waals surface area contributed by atoms with Crippen LogP contribution in [0.3, 0.4) is 0 Å². The number of ether oxygens (including phenoxy) is 4. The van der Waals surface area contributed by atoms with E-state index in [9.17, 15) is 5.11 Å². The molecule has 0 aliphatic carbocycles. The zero-order valence-electron chi connectivity index (χ0n) is 20.0. The molecule has 0 aliphatic heterocycles. The van der Waals surface area contributed by atoms with Crippen LogP contribution in [0, 0.1) is 0 Å². The molecule has 0 fully saturated rings. The number of benzene rings is 3. The molecule has 1 unspecified atom stereocenters. The summed E-state index contributed by atoms with van der Waals surface area (Å²) < 4.78 is 22.7. The van der Waals surface area contributed by atoms with Gasteiger partial charge in [0.2, 0.25) is 0 Å². The molecule has 5 nitrogen and oxygen atoms in total. The number of fused-ring (bicyclic) bond motifs is 2. The molecule has 1 atom stereocenters. The van der Waals surface area contributed by atoms with Gasteiger partial charge in [0.1, 0.15) is 23.0 Å². The van der Waals surface area contributed by atoms with Gasteiger partial charge in [0.15, 0.2) is 0 Å². The van der Waals surface area contributed by atoms with Crippen LogP contribution in [0.1, 0.15) is 63.5 Å². The fraction of sp³-hybridized carbons (Fsp3) is 0.481. The Hall–Kier alpha value is -2.66. The quantitative estimate of drug-likeness (QED) is 0.248. The first-order valence-corrected chi connectivity index (χ1v) is 11.5. The van der Waals surface area contributed by atoms with Crippen molar-refractivity contribution in [2.75, 3.05) is 28.4 Å². The molecule has 0 radical (unpaired) electrons. The van der Waals surface area contributed by atoms with Crippen LogP contribution in [0.15, 0.2) is 30.3 Å². The zero-order valence-corrected chi connectivity index (χ0v) is 20.0. The first-order valence-electron chi connectivity index (χ1n) is 11.5. The summed E-state index contributed by atoms with van der Waals surface area (Å²) in [6.45, 7) is 2.22. The Bertz CT molecular complexity index is 1040. The van der Waals surface area contributed by atoms with Gasteiger partial charge in [-0.05, 0) is 36.8 Å². The molecule has 0 bridgehead atoms. The van der Waals surface area contributed by atoms with Gasteiger partial charge in [0.25, 0.3) is 0 Å². The fourth-order valence-electron chi connectivity index (χ4n) is 4.44. The van der Waals surface area contributed by atoms with Gasteiger partial charge < -0.3 is 24.1 Å². The molecular weight excluding hydrogens is 404 g/mol. The maximum atomic E-state index is 11.0. The van der Waals surface area contributed by atoms with Crippen LogP contribution in [0.5, 0.6) is 23.0 Å². The number of unbranched alkanes of at least 4 members (excludes halogenated alkanes) is 5. The summed E-state index contributed by atoms with van der Waals surface area (Å²) in [4.78, 5) is 0. The second-order valence-corrected chi connectivity index (χ2v) is 8.19. The van der Waals surface area contributed by atoms with E-state index >= 15 is 0 Å². The molecule has 1 N–H and O–H groups in total. The summed E-state index contributed by atoms with van der Waals surface area (Å²) >= 11 is 0. The van der Waals surface area contributed by atoms with Crippen molar-refractivity contribution >= 4 is 21.5 Å². The van der Waals surface area contributed by atoms with E-state index in [0.29, 0.717) is 17.9 Å². The summed E-state index contributed by atoms with van der Waals surface area (Å²) in [5.74, 6) is 2.88. The van der Waals surface area contributed by atoms with Crippen LogP contribution >= 0.6 is 0 Å². The minimum atomic E-state index is -0.614. The highest BCUT2D eigenvalue weighted by Gasteiger charge is 2.21. The highest BCUT2D eigenvalue weighted by Crippen LogP contribution is 2.45. The Morgan fingerprint density at radius 2 is 1.19 bits per heavy atom. The molecule has 5 heteroatoms. The summed E-state index contributed by atoms with van der Waals surface area (Å²) in [6, 6.07) is 9.77. The first-order chi connectivity index (χ1) is 15.6. The lowest BCUT2D eigenvalue weighted by atomic mass is 9.94. The van der Waals surface area contributed by atoms with E-state index < -0.39 is 6.10 Å². The highest BCUT2D eigenvalue weighted by molar-refractivity contribution is 6.08. The van der Waals surface area contributed by atoms with Crippen molar-refractivity contribution < 1.29 is 24.1 Å². The minimum absolute atomic E-state index is 0.614. The summed E-state index contributed by atoms with van der Waals surface area (Å²) in [5.41, 5.74) is 0.756. The van der Waals surface area contributed by atoms with Crippen molar-refractivity contribution in [3.05, 3.63) is 35.9 Å². The van der Waals surface area contributed by atoms with E-state index in [1.165, 1.54) is 25.7 Å². The van der Waals surface area contributed by atoms with Crippen LogP contribution in [-0.2, 0) is 0 Å². The van der Waals surface area contributed by atoms with Crippen LogP contribution in [-0.4, -0.2) is 33.5 Å². The van der Waals surface area contributed by atoms with Gasteiger partial charge in [0.05, 0.1) is 34.5 Å². The van der Waals surface area contributed by atoms with Crippen LogP contribution < -0.4 is 18.9 Å². The van der Waals surface area contributed by atoms with Crippen molar-refractivity contribution in [3.63, 3.8) is 0 Å². The second-order valence-electron chi connectivity index (χ2n) is 8.19. The van der Waals surface area contributed by atoms with E-state index in [-0.39, 0.29) is 0 Å². The fourth-order valence-corrected chi connectivity index (χ4v) is 4.44. The van der Waals surface area contributed by atoms with Crippen molar-refractivity contribution in [3.8, 4) is 23.0 Å². The Balaban J connectivity index is 2.06. The Kier molecular flexibility index (Phi) is 8.46. The van der Waals surface area contributed by atoms with Gasteiger partial charge in [-0.1, -0.05) is 45.4 Å². The molecule has 3 aromatic rings. The largest absolute Gasteiger partial charge is 0.496 e. The summed E-state index contributed by atoms with van der Waals surface area (Å²) in [6.07, 6.45) is 7.19. The molecule has 32 heavy (non-hydrogen) atoms. The smallest absolute Gasteiger partial charge is 0.132 e. The Morgan fingerprint density at radius 1 is 0.656 bits per heavy atom. The molecule has 3 rings (SSSR count). The molecule has 0 aliphatic rings. The monoisotopic (exact) mass is 440 g/mol. The SMILES string of the molecule is CCCCCCCCC(O)c1cc(OC)c2cc3c(OC)ccc(OC)c3cc2c1OC. The molecule has 174 valence electrons. The number of hydrogen-bond acceptors (Lipinski definition) is 5. The maximum Gasteiger partial charge on any atom is 0.132 e. The van der Waals surface area contributed by atoms with E-state index in [1.807, 2.05) is 30.3 Å². The predicted molar refractivity (Wildman–Crippen MR) is 131 cm³/mol. The Morgan fingerprint density at radius 3 is 1.75 bits per heavy atom. The van der Waals surface area contributed by atoms with Crippen molar-refractivity contribution in [2.45, 2.75) is 58.0 Å². The topological polar surface area (TPSA) is 57.2 Å². The van der Waals surface area contributed by atoms with E-state index in [2.05, 4.69) is 6.92 Å². The predicted octanol–water partition coefficient (Wildman–Crippen LogP) is 6.81. The van der Waals surface area contributed by atoms with E-state index in [0.717, 1.165) is 51.4 Å². The van der Waals surface area contributed by atoms with Gasteiger partial charge in [-0.15, -0.1) is 0 Å². The molecule has 0 saturated heterocycles. The van der Waals surface area contributed by atoms with Gasteiger partial charge >= 0.3 is 0 Å². The van der Waals surface area contributed by atoms with E-state index in [4.69, 9.17) is 18.9 Å². The third kappa shape index (κ3) is 4.88. The Labute approximate surface area is 191 Å². The van der Waals surface area contributed by atoms with Gasteiger partial charge in [-0.2, -0.15) is 0 Å². The second kappa shape index (κ2) is 11.3. The third-order valence-electron chi connectivity index (χ3n) is 6.19. The van der Waals surface area contributed by atoms with Crippen molar-refractivity contribution in [1.82, 2.24) is 0 Å². The minimum Gasteiger partial charge on any atom is -0.496 e. The van der Waals surface area contributed by atoms with Crippen molar-refractivity contribution in [2.24, 2.45) is 0 Å². The maximum absolute atomic E-state index is 11.0. The third-order valence-corrected chi connectivity index (χ3v) is 6.19. The first kappa shape index (κ1) is 24.0. The highest BCUT2D eigenvalue weighted by atomic mass is 16.5. The zero-order chi connectivity index (χ0) is 23.1. The lowest BCUT2D eigenvalue weighted by Crippen LogP contribution is -2.03. The van der Waals surface area contributed by atoms with Crippen LogP contribution in [0.4, 0.5) is 0 Å². The average Bonchev–Trinajstić information content (AvgIpc) is 2.82. The van der Waals surface area contributed by atoms with Crippen LogP contribution in [0.2, 0.25) is 0 Å². The lowest BCUT2D eigenvalue weighted by molar-refractivity contribution is 0.159. The standard InChI is InChI=1S/C27H36O5/c1-6-7-8-9-10-11-12-23(28)22-17-26(31-4)20-15-18-19(16-21(20)27(22)32-5)25(30-3)14-13-24(18)29-2/h13-17,23,28H,6-12H2,1-5H3. The van der Waals surface area contributed by atoms with Gasteiger partial charge in [-0.25, -0.2) is 0 Å². The molecular formula is C27H36O5. The molecule has 0 aromatic heterocycles.